The summed E-state index contributed by atoms with van der Waals surface area (Å²) >= 11 is 0. The van der Waals surface area contributed by atoms with Crippen molar-refractivity contribution in [3.8, 4) is 11.5 Å². The lowest BCUT2D eigenvalue weighted by Gasteiger charge is -2.29. The maximum Gasteiger partial charge on any atom is 0.232 e. The highest BCUT2D eigenvalue weighted by Gasteiger charge is 2.33. The number of carbonyl (C=O) groups is 1. The monoisotopic (exact) mass is 364 g/mol. The van der Waals surface area contributed by atoms with Crippen molar-refractivity contribution in [2.75, 3.05) is 13.1 Å². The average Bonchev–Trinajstić information content (AvgIpc) is 2.98. The van der Waals surface area contributed by atoms with Gasteiger partial charge >= 0.3 is 0 Å². The van der Waals surface area contributed by atoms with E-state index >= 15 is 0 Å². The predicted molar refractivity (Wildman–Crippen MR) is 101 cm³/mol. The van der Waals surface area contributed by atoms with Gasteiger partial charge in [0, 0.05) is 18.0 Å². The third-order valence-corrected chi connectivity index (χ3v) is 5.62. The number of nitrogens with one attached hydrogen (secondary N) is 1. The van der Waals surface area contributed by atoms with Crippen molar-refractivity contribution in [1.82, 2.24) is 4.98 Å². The van der Waals surface area contributed by atoms with Gasteiger partial charge in [-0.05, 0) is 55.0 Å². The molecule has 1 aromatic carbocycles. The number of carbonyl (C=O) groups excluding carboxylic acids is 1. The Labute approximate surface area is 159 Å². The van der Waals surface area contributed by atoms with E-state index in [0.29, 0.717) is 29.0 Å². The van der Waals surface area contributed by atoms with Gasteiger partial charge in [-0.15, -0.1) is 0 Å². The lowest BCUT2D eigenvalue weighted by Crippen LogP contribution is -3.11. The Morgan fingerprint density at radius 2 is 2.00 bits per heavy atom. The zero-order valence-corrected chi connectivity index (χ0v) is 15.7. The minimum absolute atomic E-state index is 0.0321. The molecule has 2 aliphatic rings. The molecule has 1 N–H and O–H groups in total. The number of Topliss-reactive ketones (excluding diaryl/α,β-unsaturated/α-hetero) is 1. The average molecular weight is 364 g/mol. The third kappa shape index (κ3) is 3.47. The Hall–Kier alpha value is -2.66. The first kappa shape index (κ1) is 17.7. The minimum Gasteiger partial charge on any atom is -0.872 e. The van der Waals surface area contributed by atoms with E-state index in [1.165, 1.54) is 17.7 Å². The molecule has 2 aromatic rings. The molecule has 5 nitrogen and oxygen atoms in total. The molecule has 0 radical (unpaired) electrons. The van der Waals surface area contributed by atoms with Crippen LogP contribution in [0, 0.1) is 12.8 Å². The number of hydrogen-bond acceptors (Lipinski definition) is 4. The quantitative estimate of drug-likeness (QED) is 0.845. The topological polar surface area (TPSA) is 66.7 Å². The van der Waals surface area contributed by atoms with Gasteiger partial charge in [-0.2, -0.15) is 0 Å². The summed E-state index contributed by atoms with van der Waals surface area (Å²) in [6, 6.07) is 5.22. The van der Waals surface area contributed by atoms with Gasteiger partial charge in [0.25, 0.3) is 0 Å². The third-order valence-electron chi connectivity index (χ3n) is 5.62. The van der Waals surface area contributed by atoms with E-state index in [1.54, 1.807) is 31.5 Å². The molecule has 27 heavy (non-hydrogen) atoms. The summed E-state index contributed by atoms with van der Waals surface area (Å²) in [4.78, 5) is 18.3. The number of ether oxygens (including phenoxy) is 1. The van der Waals surface area contributed by atoms with Crippen LogP contribution in [0.3, 0.4) is 0 Å². The molecule has 0 spiro atoms. The van der Waals surface area contributed by atoms with Crippen LogP contribution < -0.4 is 14.7 Å². The molecule has 5 heteroatoms. The van der Waals surface area contributed by atoms with Gasteiger partial charge in [0.1, 0.15) is 12.3 Å². The smallest absolute Gasteiger partial charge is 0.232 e. The molecular formula is C22H24N2O3. The SMILES string of the molecule is Cc1cc([O-])c(C[NH+]2CCC(C)CC2)c2c1C(=O)/C(=C/c1ccncc1)O2. The number of likely N-dealkylation sites (tertiary alicyclic amines) is 1. The van der Waals surface area contributed by atoms with Gasteiger partial charge in [-0.1, -0.05) is 18.7 Å². The Morgan fingerprint density at radius 3 is 2.70 bits per heavy atom. The molecular weight excluding hydrogens is 340 g/mol. The number of benzene rings is 1. The van der Waals surface area contributed by atoms with Crippen molar-refractivity contribution in [3.05, 3.63) is 58.6 Å². The van der Waals surface area contributed by atoms with Crippen molar-refractivity contribution in [3.63, 3.8) is 0 Å². The second-order valence-electron chi connectivity index (χ2n) is 7.70. The van der Waals surface area contributed by atoms with Crippen LogP contribution in [0.4, 0.5) is 0 Å². The maximum atomic E-state index is 12.9. The highest BCUT2D eigenvalue weighted by molar-refractivity contribution is 6.15. The zero-order chi connectivity index (χ0) is 19.0. The summed E-state index contributed by atoms with van der Waals surface area (Å²) in [5.41, 5.74) is 2.70. The van der Waals surface area contributed by atoms with E-state index in [9.17, 15) is 9.90 Å². The van der Waals surface area contributed by atoms with Gasteiger partial charge in [-0.25, -0.2) is 0 Å². The van der Waals surface area contributed by atoms with Gasteiger partial charge in [0.15, 0.2) is 5.76 Å². The van der Waals surface area contributed by atoms with E-state index in [0.717, 1.165) is 24.6 Å². The Kier molecular flexibility index (Phi) is 4.70. The van der Waals surface area contributed by atoms with Gasteiger partial charge < -0.3 is 14.7 Å². The predicted octanol–water partition coefficient (Wildman–Crippen LogP) is 1.89. The summed E-state index contributed by atoms with van der Waals surface area (Å²) in [5, 5.41) is 12.7. The molecule has 0 saturated carbocycles. The van der Waals surface area contributed by atoms with Crippen LogP contribution >= 0.6 is 0 Å². The molecule has 2 aliphatic heterocycles. The van der Waals surface area contributed by atoms with Crippen LogP contribution in [-0.4, -0.2) is 23.9 Å². The number of aromatic nitrogens is 1. The molecule has 1 saturated heterocycles. The summed E-state index contributed by atoms with van der Waals surface area (Å²) < 4.78 is 5.96. The van der Waals surface area contributed by atoms with Gasteiger partial charge in [0.2, 0.25) is 5.78 Å². The highest BCUT2D eigenvalue weighted by atomic mass is 16.5. The Bertz CT molecular complexity index is 898. The fraction of sp³-hybridized carbons (Fsp3) is 0.364. The van der Waals surface area contributed by atoms with E-state index < -0.39 is 0 Å². The molecule has 140 valence electrons. The molecule has 1 fully saturated rings. The molecule has 0 aliphatic carbocycles. The van der Waals surface area contributed by atoms with Gasteiger partial charge in [0.05, 0.1) is 18.7 Å². The summed E-state index contributed by atoms with van der Waals surface area (Å²) in [5.74, 6) is 1.31. The van der Waals surface area contributed by atoms with Crippen molar-refractivity contribution in [1.29, 1.82) is 0 Å². The van der Waals surface area contributed by atoms with Crippen molar-refractivity contribution in [2.24, 2.45) is 5.92 Å². The summed E-state index contributed by atoms with van der Waals surface area (Å²) in [6.07, 6.45) is 7.40. The normalized spacial score (nSPS) is 23.3. The minimum atomic E-state index is -0.150. The molecule has 3 heterocycles. The Morgan fingerprint density at radius 1 is 1.30 bits per heavy atom. The van der Waals surface area contributed by atoms with Crippen LogP contribution in [-0.2, 0) is 6.54 Å². The molecule has 0 amide bonds. The van der Waals surface area contributed by atoms with Crippen LogP contribution in [0.15, 0.2) is 36.4 Å². The first-order valence-corrected chi connectivity index (χ1v) is 9.54. The van der Waals surface area contributed by atoms with E-state index in [-0.39, 0.29) is 17.3 Å². The van der Waals surface area contributed by atoms with Crippen molar-refractivity contribution >= 4 is 11.9 Å². The molecule has 0 bridgehead atoms. The number of aryl methyl sites for hydroxylation is 1. The maximum absolute atomic E-state index is 12.9. The lowest BCUT2D eigenvalue weighted by molar-refractivity contribution is -0.919. The number of quaternary nitrogens is 1. The fourth-order valence-electron chi connectivity index (χ4n) is 3.94. The number of allylic oxidation sites excluding steroid dienone is 1. The first-order valence-electron chi connectivity index (χ1n) is 9.54. The van der Waals surface area contributed by atoms with Crippen LogP contribution in [0.25, 0.3) is 6.08 Å². The number of rotatable bonds is 3. The molecule has 0 atom stereocenters. The Balaban J connectivity index is 1.67. The number of nitrogens with zero attached hydrogens (tertiary/aromatic N) is 1. The highest BCUT2D eigenvalue weighted by Crippen LogP contribution is 2.40. The fourth-order valence-corrected chi connectivity index (χ4v) is 3.94. The molecule has 1 aromatic heterocycles. The largest absolute Gasteiger partial charge is 0.872 e. The van der Waals surface area contributed by atoms with Gasteiger partial charge in [-0.3, -0.25) is 9.78 Å². The van der Waals surface area contributed by atoms with Crippen LogP contribution in [0.2, 0.25) is 0 Å². The summed E-state index contributed by atoms with van der Waals surface area (Å²) in [7, 11) is 0. The number of hydrogen-bond donors (Lipinski definition) is 1. The van der Waals surface area contributed by atoms with Crippen molar-refractivity contribution in [2.45, 2.75) is 33.2 Å². The van der Waals surface area contributed by atoms with E-state index in [2.05, 4.69) is 11.9 Å². The number of piperidine rings is 1. The van der Waals surface area contributed by atoms with Crippen LogP contribution in [0.1, 0.15) is 46.8 Å². The first-order chi connectivity index (χ1) is 13.0. The zero-order valence-electron chi connectivity index (χ0n) is 15.7. The number of pyridine rings is 1. The standard InChI is InChI=1S/C22H24N2O3/c1-14-5-9-24(10-6-14)13-17-18(25)11-15(2)20-21(26)19(27-22(17)20)12-16-3-7-23-8-4-16/h3-4,7-8,11-12,14,25H,5-6,9-10,13H2,1-2H3/b19-12-. The number of ketones is 1. The van der Waals surface area contributed by atoms with E-state index in [1.807, 2.05) is 12.1 Å². The van der Waals surface area contributed by atoms with E-state index in [4.69, 9.17) is 4.74 Å². The number of fused-ring (bicyclic) bond motifs is 1. The summed E-state index contributed by atoms with van der Waals surface area (Å²) in [6.45, 7) is 6.80. The molecule has 0 unspecified atom stereocenters. The molecule has 4 rings (SSSR count). The van der Waals surface area contributed by atoms with Crippen molar-refractivity contribution < 1.29 is 19.5 Å². The van der Waals surface area contributed by atoms with Crippen LogP contribution in [0.5, 0.6) is 11.5 Å². The lowest BCUT2D eigenvalue weighted by atomic mass is 9.96. The second-order valence-corrected chi connectivity index (χ2v) is 7.70. The second kappa shape index (κ2) is 7.16.